The van der Waals surface area contributed by atoms with Gasteiger partial charge in [-0.25, -0.2) is 0 Å². The Morgan fingerprint density at radius 1 is 1.24 bits per heavy atom. The minimum absolute atomic E-state index is 0. The van der Waals surface area contributed by atoms with Crippen LogP contribution in [-0.2, 0) is 6.42 Å². The van der Waals surface area contributed by atoms with Crippen LogP contribution in [-0.4, -0.2) is 55.8 Å². The van der Waals surface area contributed by atoms with Crippen LogP contribution in [0.3, 0.4) is 0 Å². The van der Waals surface area contributed by atoms with E-state index in [-0.39, 0.29) is 24.0 Å². The van der Waals surface area contributed by atoms with Gasteiger partial charge in [-0.15, -0.1) is 24.0 Å². The number of hydrogen-bond acceptors (Lipinski definition) is 4. The van der Waals surface area contributed by atoms with Gasteiger partial charge < -0.3 is 25.1 Å². The van der Waals surface area contributed by atoms with Crippen LogP contribution in [0.1, 0.15) is 31.9 Å². The standard InChI is InChI=1S/C21H32N4O2S.HI/c1-4-22-21(24-14-17-8-6-10-28-17)23-9-5-7-15-11-18-19(25-15)12-16(26-2)13-20(18)27-3;/h11-13,17,25H,4-10,14H2,1-3H3,(H2,22,23,24);1H. The minimum Gasteiger partial charge on any atom is -0.497 e. The van der Waals surface area contributed by atoms with E-state index in [4.69, 9.17) is 14.5 Å². The number of nitrogens with zero attached hydrogens (tertiary/aromatic N) is 1. The molecule has 0 spiro atoms. The third-order valence-electron chi connectivity index (χ3n) is 4.92. The fourth-order valence-corrected chi connectivity index (χ4v) is 4.65. The van der Waals surface area contributed by atoms with Crippen molar-refractivity contribution >= 4 is 52.6 Å². The molecule has 29 heavy (non-hydrogen) atoms. The Morgan fingerprint density at radius 3 is 2.79 bits per heavy atom. The summed E-state index contributed by atoms with van der Waals surface area (Å²) < 4.78 is 10.8. The van der Waals surface area contributed by atoms with Gasteiger partial charge in [0.25, 0.3) is 0 Å². The summed E-state index contributed by atoms with van der Waals surface area (Å²) in [5.74, 6) is 3.84. The summed E-state index contributed by atoms with van der Waals surface area (Å²) in [6, 6.07) is 6.10. The molecule has 0 bridgehead atoms. The minimum atomic E-state index is 0. The predicted molar refractivity (Wildman–Crippen MR) is 135 cm³/mol. The lowest BCUT2D eigenvalue weighted by molar-refractivity contribution is 0.398. The third-order valence-corrected chi connectivity index (χ3v) is 6.30. The van der Waals surface area contributed by atoms with Gasteiger partial charge in [-0.2, -0.15) is 11.8 Å². The molecule has 6 nitrogen and oxygen atoms in total. The molecular weight excluding hydrogens is 499 g/mol. The van der Waals surface area contributed by atoms with Gasteiger partial charge in [0.15, 0.2) is 5.96 Å². The molecule has 1 fully saturated rings. The van der Waals surface area contributed by atoms with Gasteiger partial charge in [0.05, 0.1) is 26.3 Å². The van der Waals surface area contributed by atoms with E-state index >= 15 is 0 Å². The largest absolute Gasteiger partial charge is 0.497 e. The number of aromatic nitrogens is 1. The first-order chi connectivity index (χ1) is 13.7. The SMILES string of the molecule is CCNC(=NCC1CCCS1)NCCCc1cc2c(OC)cc(OC)cc2[nH]1.I. The molecule has 0 saturated carbocycles. The number of thioether (sulfide) groups is 1. The van der Waals surface area contributed by atoms with Crippen molar-refractivity contribution in [3.63, 3.8) is 0 Å². The fraction of sp³-hybridized carbons (Fsp3) is 0.571. The van der Waals surface area contributed by atoms with Crippen molar-refractivity contribution in [1.29, 1.82) is 0 Å². The van der Waals surface area contributed by atoms with Crippen LogP contribution in [0.2, 0.25) is 0 Å². The number of hydrogen-bond donors (Lipinski definition) is 3. The summed E-state index contributed by atoms with van der Waals surface area (Å²) >= 11 is 2.05. The summed E-state index contributed by atoms with van der Waals surface area (Å²) in [6.07, 6.45) is 4.61. The van der Waals surface area contributed by atoms with Crippen LogP contribution >= 0.6 is 35.7 Å². The number of benzene rings is 1. The van der Waals surface area contributed by atoms with Gasteiger partial charge >= 0.3 is 0 Å². The van der Waals surface area contributed by atoms with E-state index in [2.05, 4.69) is 28.6 Å². The summed E-state index contributed by atoms with van der Waals surface area (Å²) in [6.45, 7) is 4.78. The number of aromatic amines is 1. The summed E-state index contributed by atoms with van der Waals surface area (Å²) in [4.78, 5) is 8.24. The van der Waals surface area contributed by atoms with Crippen LogP contribution in [0.5, 0.6) is 11.5 Å². The topological polar surface area (TPSA) is 70.7 Å². The van der Waals surface area contributed by atoms with Crippen LogP contribution in [0.25, 0.3) is 10.9 Å². The van der Waals surface area contributed by atoms with Crippen molar-refractivity contribution < 1.29 is 9.47 Å². The second kappa shape index (κ2) is 12.4. The lowest BCUT2D eigenvalue weighted by Gasteiger charge is -2.12. The molecule has 0 aliphatic carbocycles. The van der Waals surface area contributed by atoms with Gasteiger partial charge in [0.2, 0.25) is 0 Å². The first-order valence-corrected chi connectivity index (χ1v) is 11.2. The molecule has 1 aliphatic rings. The molecule has 1 atom stereocenters. The van der Waals surface area contributed by atoms with Crippen molar-refractivity contribution in [3.8, 4) is 11.5 Å². The highest BCUT2D eigenvalue weighted by Gasteiger charge is 2.15. The Kier molecular flexibility index (Phi) is 10.3. The molecule has 162 valence electrons. The van der Waals surface area contributed by atoms with E-state index in [0.29, 0.717) is 5.25 Å². The Morgan fingerprint density at radius 2 is 2.10 bits per heavy atom. The molecule has 2 aromatic rings. The summed E-state index contributed by atoms with van der Waals surface area (Å²) in [7, 11) is 3.36. The van der Waals surface area contributed by atoms with Crippen LogP contribution in [0.4, 0.5) is 0 Å². The fourth-order valence-electron chi connectivity index (χ4n) is 3.47. The van der Waals surface area contributed by atoms with Crippen LogP contribution in [0, 0.1) is 0 Å². The molecule has 1 saturated heterocycles. The maximum absolute atomic E-state index is 5.50. The average molecular weight is 532 g/mol. The van der Waals surface area contributed by atoms with Crippen molar-refractivity contribution in [2.45, 2.75) is 37.9 Å². The van der Waals surface area contributed by atoms with Crippen molar-refractivity contribution in [1.82, 2.24) is 15.6 Å². The molecule has 0 amide bonds. The number of halogens is 1. The Balaban J connectivity index is 0.00000300. The molecule has 3 N–H and O–H groups in total. The first-order valence-electron chi connectivity index (χ1n) is 10.1. The quantitative estimate of drug-likeness (QED) is 0.196. The van der Waals surface area contributed by atoms with E-state index < -0.39 is 0 Å². The van der Waals surface area contributed by atoms with E-state index in [1.807, 2.05) is 23.9 Å². The molecule has 1 aliphatic heterocycles. The molecule has 1 unspecified atom stereocenters. The maximum atomic E-state index is 5.50. The Labute approximate surface area is 195 Å². The zero-order valence-electron chi connectivity index (χ0n) is 17.5. The average Bonchev–Trinajstić information content (AvgIpc) is 3.37. The number of ether oxygens (including phenoxy) is 2. The second-order valence-corrected chi connectivity index (χ2v) is 8.38. The zero-order valence-corrected chi connectivity index (χ0v) is 20.7. The lowest BCUT2D eigenvalue weighted by atomic mass is 10.2. The highest BCUT2D eigenvalue weighted by atomic mass is 127. The number of nitrogens with one attached hydrogen (secondary N) is 3. The van der Waals surface area contributed by atoms with Gasteiger partial charge in [-0.3, -0.25) is 4.99 Å². The smallest absolute Gasteiger partial charge is 0.191 e. The molecule has 8 heteroatoms. The first kappa shape index (κ1) is 24.0. The molecule has 2 heterocycles. The van der Waals surface area contributed by atoms with Gasteiger partial charge in [0, 0.05) is 41.6 Å². The Bertz CT molecular complexity index is 790. The summed E-state index contributed by atoms with van der Waals surface area (Å²) in [5, 5.41) is 8.59. The second-order valence-electron chi connectivity index (χ2n) is 6.97. The number of aryl methyl sites for hydroxylation is 1. The lowest BCUT2D eigenvalue weighted by Crippen LogP contribution is -2.38. The molecule has 1 aromatic heterocycles. The Hall–Kier alpha value is -1.29. The van der Waals surface area contributed by atoms with E-state index in [0.717, 1.165) is 60.8 Å². The number of rotatable bonds is 9. The van der Waals surface area contributed by atoms with Crippen LogP contribution < -0.4 is 20.1 Å². The summed E-state index contributed by atoms with van der Waals surface area (Å²) in [5.41, 5.74) is 2.25. The molecule has 0 radical (unpaired) electrons. The zero-order chi connectivity index (χ0) is 19.8. The van der Waals surface area contributed by atoms with E-state index in [1.54, 1.807) is 14.2 Å². The maximum Gasteiger partial charge on any atom is 0.191 e. The van der Waals surface area contributed by atoms with Gasteiger partial charge in [-0.05, 0) is 44.4 Å². The number of H-pyrrole nitrogens is 1. The highest BCUT2D eigenvalue weighted by molar-refractivity contribution is 14.0. The van der Waals surface area contributed by atoms with Gasteiger partial charge in [0.1, 0.15) is 11.5 Å². The molecule has 1 aromatic carbocycles. The number of methoxy groups -OCH3 is 2. The number of guanidine groups is 1. The number of fused-ring (bicyclic) bond motifs is 1. The molecule has 3 rings (SSSR count). The monoisotopic (exact) mass is 532 g/mol. The van der Waals surface area contributed by atoms with Crippen molar-refractivity contribution in [2.75, 3.05) is 39.6 Å². The van der Waals surface area contributed by atoms with Crippen molar-refractivity contribution in [3.05, 3.63) is 23.9 Å². The predicted octanol–water partition coefficient (Wildman–Crippen LogP) is 4.19. The third kappa shape index (κ3) is 6.87. The van der Waals surface area contributed by atoms with Gasteiger partial charge in [-0.1, -0.05) is 0 Å². The highest BCUT2D eigenvalue weighted by Crippen LogP contribution is 2.31. The van der Waals surface area contributed by atoms with Crippen molar-refractivity contribution in [2.24, 2.45) is 4.99 Å². The normalized spacial score (nSPS) is 16.5. The number of aliphatic imine (C=N–C) groups is 1. The van der Waals surface area contributed by atoms with Crippen LogP contribution in [0.15, 0.2) is 23.2 Å². The van der Waals surface area contributed by atoms with E-state index in [1.165, 1.54) is 24.3 Å². The van der Waals surface area contributed by atoms with E-state index in [9.17, 15) is 0 Å². The molecular formula is C21H33IN4O2S.